The summed E-state index contributed by atoms with van der Waals surface area (Å²) in [6.07, 6.45) is 5.11. The molecular formula is C13H22ClNO2. The maximum absolute atomic E-state index is 12.4. The van der Waals surface area contributed by atoms with Crippen molar-refractivity contribution in [2.75, 3.05) is 32.7 Å². The Hall–Kier alpha value is -0.280. The first-order valence-electron chi connectivity index (χ1n) is 6.63. The molecule has 3 nitrogen and oxygen atoms in total. The Morgan fingerprint density at radius 3 is 2.47 bits per heavy atom. The molecule has 98 valence electrons. The number of methoxy groups -OCH3 is 1. The molecule has 4 heteroatoms. The second-order valence-corrected chi connectivity index (χ2v) is 5.52. The Balaban J connectivity index is 1.87. The van der Waals surface area contributed by atoms with Crippen LogP contribution in [0.25, 0.3) is 0 Å². The van der Waals surface area contributed by atoms with E-state index in [9.17, 15) is 4.79 Å². The number of hydrogen-bond donors (Lipinski definition) is 0. The monoisotopic (exact) mass is 259 g/mol. The van der Waals surface area contributed by atoms with Gasteiger partial charge >= 0.3 is 0 Å². The van der Waals surface area contributed by atoms with Crippen molar-refractivity contribution in [3.05, 3.63) is 0 Å². The molecule has 2 aliphatic carbocycles. The molecule has 0 bridgehead atoms. The predicted molar refractivity (Wildman–Crippen MR) is 68.1 cm³/mol. The summed E-state index contributed by atoms with van der Waals surface area (Å²) in [6.45, 7) is 1.93. The summed E-state index contributed by atoms with van der Waals surface area (Å²) in [7, 11) is 1.67. The number of carbonyl (C=O) groups excluding carboxylic acids is 1. The van der Waals surface area contributed by atoms with E-state index in [4.69, 9.17) is 16.3 Å². The van der Waals surface area contributed by atoms with Gasteiger partial charge in [0.05, 0.1) is 6.61 Å². The van der Waals surface area contributed by atoms with Crippen molar-refractivity contribution in [1.29, 1.82) is 0 Å². The number of fused-ring (bicyclic) bond motifs is 1. The van der Waals surface area contributed by atoms with Crippen LogP contribution in [0.4, 0.5) is 0 Å². The first-order chi connectivity index (χ1) is 8.29. The van der Waals surface area contributed by atoms with Gasteiger partial charge in [-0.05, 0) is 24.7 Å². The standard InChI is InChI=1S/C13H22ClNO2/c1-17-9-8-15(7-6-14)13(16)12-10-4-2-3-5-11(10)12/h10-12H,2-9H2,1H3. The van der Waals surface area contributed by atoms with Crippen LogP contribution in [-0.4, -0.2) is 43.5 Å². The summed E-state index contributed by atoms with van der Waals surface area (Å²) in [5.74, 6) is 2.49. The molecule has 0 aromatic rings. The summed E-state index contributed by atoms with van der Waals surface area (Å²) >= 11 is 5.76. The molecule has 1 amide bonds. The topological polar surface area (TPSA) is 29.5 Å². The van der Waals surface area contributed by atoms with Crippen molar-refractivity contribution in [3.8, 4) is 0 Å². The average Bonchev–Trinajstić information content (AvgIpc) is 3.08. The Bertz CT molecular complexity index is 260. The molecule has 0 heterocycles. The van der Waals surface area contributed by atoms with Crippen LogP contribution in [0.3, 0.4) is 0 Å². The van der Waals surface area contributed by atoms with E-state index >= 15 is 0 Å². The third kappa shape index (κ3) is 2.94. The Morgan fingerprint density at radius 2 is 1.94 bits per heavy atom. The Labute approximate surface area is 108 Å². The molecule has 0 saturated heterocycles. The number of ether oxygens (including phenoxy) is 1. The first-order valence-corrected chi connectivity index (χ1v) is 7.16. The summed E-state index contributed by atoms with van der Waals surface area (Å²) < 4.78 is 5.05. The molecule has 0 spiro atoms. The smallest absolute Gasteiger partial charge is 0.226 e. The maximum Gasteiger partial charge on any atom is 0.226 e. The summed E-state index contributed by atoms with van der Waals surface area (Å²) in [5.41, 5.74) is 0. The van der Waals surface area contributed by atoms with E-state index in [-0.39, 0.29) is 0 Å². The van der Waals surface area contributed by atoms with Gasteiger partial charge in [-0.2, -0.15) is 0 Å². The van der Waals surface area contributed by atoms with Gasteiger partial charge in [0.25, 0.3) is 0 Å². The Morgan fingerprint density at radius 1 is 1.29 bits per heavy atom. The lowest BCUT2D eigenvalue weighted by atomic mass is 10.0. The predicted octanol–water partition coefficient (Wildman–Crippen LogP) is 2.14. The molecule has 2 unspecified atom stereocenters. The molecule has 0 radical (unpaired) electrons. The lowest BCUT2D eigenvalue weighted by Gasteiger charge is -2.21. The molecule has 0 aromatic carbocycles. The van der Waals surface area contributed by atoms with Gasteiger partial charge in [-0.3, -0.25) is 4.79 Å². The van der Waals surface area contributed by atoms with Crippen molar-refractivity contribution in [2.24, 2.45) is 17.8 Å². The normalized spacial score (nSPS) is 30.8. The van der Waals surface area contributed by atoms with Crippen molar-refractivity contribution in [3.63, 3.8) is 0 Å². The van der Waals surface area contributed by atoms with Crippen molar-refractivity contribution in [1.82, 2.24) is 4.90 Å². The highest BCUT2D eigenvalue weighted by Crippen LogP contribution is 2.56. The van der Waals surface area contributed by atoms with Gasteiger partial charge in [0.1, 0.15) is 0 Å². The fourth-order valence-corrected chi connectivity index (χ4v) is 3.41. The number of nitrogens with zero attached hydrogens (tertiary/aromatic N) is 1. The number of hydrogen-bond acceptors (Lipinski definition) is 2. The van der Waals surface area contributed by atoms with Crippen LogP contribution >= 0.6 is 11.6 Å². The largest absolute Gasteiger partial charge is 0.383 e. The maximum atomic E-state index is 12.4. The van der Waals surface area contributed by atoms with Gasteiger partial charge in [-0.1, -0.05) is 12.8 Å². The fraction of sp³-hybridized carbons (Fsp3) is 0.923. The van der Waals surface area contributed by atoms with Gasteiger partial charge in [0, 0.05) is 32.0 Å². The van der Waals surface area contributed by atoms with Crippen molar-refractivity contribution in [2.45, 2.75) is 25.7 Å². The summed E-state index contributed by atoms with van der Waals surface area (Å²) in [4.78, 5) is 14.3. The van der Waals surface area contributed by atoms with E-state index in [1.807, 2.05) is 4.90 Å². The summed E-state index contributed by atoms with van der Waals surface area (Å²) in [5, 5.41) is 0. The van der Waals surface area contributed by atoms with Gasteiger partial charge in [0.2, 0.25) is 5.91 Å². The third-order valence-electron chi connectivity index (χ3n) is 4.17. The number of halogens is 1. The average molecular weight is 260 g/mol. The number of alkyl halides is 1. The van der Waals surface area contributed by atoms with Gasteiger partial charge in [-0.15, -0.1) is 11.6 Å². The molecule has 2 aliphatic rings. The Kier molecular flexibility index (Phi) is 4.69. The van der Waals surface area contributed by atoms with E-state index in [1.165, 1.54) is 25.7 Å². The molecular weight excluding hydrogens is 238 g/mol. The first kappa shape index (κ1) is 13.2. The quantitative estimate of drug-likeness (QED) is 0.684. The van der Waals surface area contributed by atoms with Crippen LogP contribution in [0, 0.1) is 17.8 Å². The van der Waals surface area contributed by atoms with E-state index in [0.717, 1.165) is 0 Å². The number of rotatable bonds is 6. The molecule has 17 heavy (non-hydrogen) atoms. The van der Waals surface area contributed by atoms with E-state index in [2.05, 4.69) is 0 Å². The van der Waals surface area contributed by atoms with Gasteiger partial charge in [-0.25, -0.2) is 0 Å². The SMILES string of the molecule is COCCN(CCCl)C(=O)C1C2CCCCC21. The molecule has 2 atom stereocenters. The zero-order chi connectivity index (χ0) is 12.3. The molecule has 0 N–H and O–H groups in total. The lowest BCUT2D eigenvalue weighted by molar-refractivity contribution is -0.133. The molecule has 2 rings (SSSR count). The van der Waals surface area contributed by atoms with Crippen LogP contribution in [0.2, 0.25) is 0 Å². The fourth-order valence-electron chi connectivity index (χ4n) is 3.21. The molecule has 0 aliphatic heterocycles. The van der Waals surface area contributed by atoms with Crippen LogP contribution < -0.4 is 0 Å². The van der Waals surface area contributed by atoms with Crippen LogP contribution in [0.15, 0.2) is 0 Å². The van der Waals surface area contributed by atoms with Crippen molar-refractivity contribution < 1.29 is 9.53 Å². The zero-order valence-corrected chi connectivity index (χ0v) is 11.3. The molecule has 0 aromatic heterocycles. The van der Waals surface area contributed by atoms with Crippen molar-refractivity contribution >= 4 is 17.5 Å². The van der Waals surface area contributed by atoms with E-state index in [0.29, 0.717) is 49.2 Å². The lowest BCUT2D eigenvalue weighted by Crippen LogP contribution is -2.37. The highest BCUT2D eigenvalue weighted by Gasteiger charge is 2.55. The van der Waals surface area contributed by atoms with Gasteiger partial charge in [0.15, 0.2) is 0 Å². The molecule has 2 saturated carbocycles. The minimum absolute atomic E-state index is 0.303. The minimum atomic E-state index is 0.303. The third-order valence-corrected chi connectivity index (χ3v) is 4.34. The van der Waals surface area contributed by atoms with Crippen LogP contribution in [0.5, 0.6) is 0 Å². The zero-order valence-electron chi connectivity index (χ0n) is 10.5. The van der Waals surface area contributed by atoms with E-state index in [1.54, 1.807) is 7.11 Å². The summed E-state index contributed by atoms with van der Waals surface area (Å²) in [6, 6.07) is 0. The number of amides is 1. The number of carbonyl (C=O) groups is 1. The van der Waals surface area contributed by atoms with Crippen LogP contribution in [0.1, 0.15) is 25.7 Å². The highest BCUT2D eigenvalue weighted by atomic mass is 35.5. The molecule has 2 fully saturated rings. The second-order valence-electron chi connectivity index (χ2n) is 5.15. The van der Waals surface area contributed by atoms with Gasteiger partial charge < -0.3 is 9.64 Å². The minimum Gasteiger partial charge on any atom is -0.383 e. The highest BCUT2D eigenvalue weighted by molar-refractivity contribution is 6.18. The van der Waals surface area contributed by atoms with Crippen LogP contribution in [-0.2, 0) is 9.53 Å². The second kappa shape index (κ2) is 6.05. The van der Waals surface area contributed by atoms with E-state index < -0.39 is 0 Å².